The Morgan fingerprint density at radius 3 is 2.94 bits per heavy atom. The van der Waals surface area contributed by atoms with Gasteiger partial charge in [-0.15, -0.1) is 0 Å². The van der Waals surface area contributed by atoms with Gasteiger partial charge in [-0.3, -0.25) is 4.98 Å². The average molecular weight is 275 g/mol. The predicted molar refractivity (Wildman–Crippen MR) is 62.0 cm³/mol. The number of sulfonamides is 1. The Balaban J connectivity index is 2.17. The van der Waals surface area contributed by atoms with E-state index in [2.05, 4.69) is 15.0 Å². The minimum Gasteiger partial charge on any atom is -0.378 e. The molecule has 0 bridgehead atoms. The molecule has 2 N–H and O–H groups in total. The second-order valence-electron chi connectivity index (χ2n) is 4.00. The van der Waals surface area contributed by atoms with Crippen LogP contribution in [0.2, 0.25) is 0 Å². The molecule has 0 saturated carbocycles. The van der Waals surface area contributed by atoms with E-state index in [0.29, 0.717) is 13.1 Å². The van der Waals surface area contributed by atoms with E-state index < -0.39 is 15.8 Å². The van der Waals surface area contributed by atoms with E-state index in [9.17, 15) is 12.8 Å². The minimum absolute atomic E-state index is 0.191. The van der Waals surface area contributed by atoms with Crippen LogP contribution in [0.25, 0.3) is 0 Å². The van der Waals surface area contributed by atoms with Gasteiger partial charge < -0.3 is 10.1 Å². The molecule has 0 aliphatic carbocycles. The number of pyridine rings is 1. The Morgan fingerprint density at radius 1 is 1.50 bits per heavy atom. The maximum absolute atomic E-state index is 13.0. The smallest absolute Gasteiger partial charge is 0.242 e. The van der Waals surface area contributed by atoms with Gasteiger partial charge in [-0.25, -0.2) is 17.5 Å². The topological polar surface area (TPSA) is 80.3 Å². The first-order valence-electron chi connectivity index (χ1n) is 5.39. The average Bonchev–Trinajstić information content (AvgIpc) is 2.75. The maximum Gasteiger partial charge on any atom is 0.242 e. The van der Waals surface area contributed by atoms with Crippen LogP contribution in [0, 0.1) is 5.82 Å². The zero-order chi connectivity index (χ0) is 13.2. The SMILES string of the molecule is CO[C@H]1CNCC1NS(=O)(=O)c1cncc(F)c1. The molecule has 8 heteroatoms. The predicted octanol–water partition coefficient (Wildman–Crippen LogP) is -0.514. The lowest BCUT2D eigenvalue weighted by Crippen LogP contribution is -2.43. The van der Waals surface area contributed by atoms with Crippen LogP contribution in [0.5, 0.6) is 0 Å². The van der Waals surface area contributed by atoms with Crippen molar-refractivity contribution >= 4 is 10.0 Å². The summed E-state index contributed by atoms with van der Waals surface area (Å²) in [5.74, 6) is -0.689. The Hall–Kier alpha value is -1.09. The van der Waals surface area contributed by atoms with E-state index >= 15 is 0 Å². The summed E-state index contributed by atoms with van der Waals surface area (Å²) in [6, 6.07) is 0.558. The van der Waals surface area contributed by atoms with Crippen molar-refractivity contribution in [1.82, 2.24) is 15.0 Å². The Bertz CT molecular complexity index is 523. The van der Waals surface area contributed by atoms with Crippen LogP contribution in [0.1, 0.15) is 0 Å². The Labute approximate surface area is 105 Å². The van der Waals surface area contributed by atoms with Gasteiger partial charge in [0.2, 0.25) is 10.0 Å². The van der Waals surface area contributed by atoms with Crippen LogP contribution in [0.3, 0.4) is 0 Å². The molecule has 1 saturated heterocycles. The molecule has 1 aromatic rings. The number of ether oxygens (including phenoxy) is 1. The summed E-state index contributed by atoms with van der Waals surface area (Å²) in [6.07, 6.45) is 1.82. The summed E-state index contributed by atoms with van der Waals surface area (Å²) in [5.41, 5.74) is 0. The molecule has 1 aliphatic rings. The van der Waals surface area contributed by atoms with Gasteiger partial charge >= 0.3 is 0 Å². The van der Waals surface area contributed by atoms with Crippen molar-refractivity contribution in [2.24, 2.45) is 0 Å². The second kappa shape index (κ2) is 5.27. The number of nitrogens with one attached hydrogen (secondary N) is 2. The summed E-state index contributed by atoms with van der Waals surface area (Å²) >= 11 is 0. The van der Waals surface area contributed by atoms with Crippen molar-refractivity contribution in [1.29, 1.82) is 0 Å². The highest BCUT2D eigenvalue weighted by Gasteiger charge is 2.31. The van der Waals surface area contributed by atoms with Crippen LogP contribution in [0.15, 0.2) is 23.4 Å². The van der Waals surface area contributed by atoms with Crippen molar-refractivity contribution in [3.8, 4) is 0 Å². The van der Waals surface area contributed by atoms with E-state index in [1.165, 1.54) is 7.11 Å². The van der Waals surface area contributed by atoms with Gasteiger partial charge in [-0.1, -0.05) is 0 Å². The molecule has 1 unspecified atom stereocenters. The van der Waals surface area contributed by atoms with Crippen LogP contribution < -0.4 is 10.0 Å². The van der Waals surface area contributed by atoms with Crippen molar-refractivity contribution < 1.29 is 17.5 Å². The zero-order valence-corrected chi connectivity index (χ0v) is 10.6. The van der Waals surface area contributed by atoms with Gasteiger partial charge in [-0.2, -0.15) is 0 Å². The van der Waals surface area contributed by atoms with E-state index in [0.717, 1.165) is 18.5 Å². The van der Waals surface area contributed by atoms with Crippen LogP contribution in [0.4, 0.5) is 4.39 Å². The fourth-order valence-corrected chi connectivity index (χ4v) is 3.06. The molecule has 2 heterocycles. The van der Waals surface area contributed by atoms with Gasteiger partial charge in [0.1, 0.15) is 10.7 Å². The number of nitrogens with zero attached hydrogens (tertiary/aromatic N) is 1. The first-order valence-corrected chi connectivity index (χ1v) is 6.87. The summed E-state index contributed by atoms with van der Waals surface area (Å²) < 4.78 is 44.6. The van der Waals surface area contributed by atoms with Crippen LogP contribution >= 0.6 is 0 Å². The summed E-state index contributed by atoms with van der Waals surface area (Å²) in [6.45, 7) is 1.05. The molecule has 1 aromatic heterocycles. The molecule has 0 aromatic carbocycles. The summed E-state index contributed by atoms with van der Waals surface area (Å²) in [5, 5.41) is 3.02. The first kappa shape index (κ1) is 13.3. The molecule has 18 heavy (non-hydrogen) atoms. The van der Waals surface area contributed by atoms with Crippen molar-refractivity contribution in [2.45, 2.75) is 17.0 Å². The Morgan fingerprint density at radius 2 is 2.28 bits per heavy atom. The number of halogens is 1. The number of hydrogen-bond acceptors (Lipinski definition) is 5. The van der Waals surface area contributed by atoms with Crippen molar-refractivity contribution in [2.75, 3.05) is 20.2 Å². The maximum atomic E-state index is 13.0. The lowest BCUT2D eigenvalue weighted by atomic mass is 10.2. The standard InChI is InChI=1S/C10H14FN3O3S/c1-17-10-6-13-5-9(10)14-18(15,16)8-2-7(11)3-12-4-8/h2-4,9-10,13-14H,5-6H2,1H3/t9?,10-/m0/s1. The third-order valence-electron chi connectivity index (χ3n) is 2.76. The van der Waals surface area contributed by atoms with Gasteiger partial charge in [0, 0.05) is 26.4 Å². The monoisotopic (exact) mass is 275 g/mol. The van der Waals surface area contributed by atoms with Crippen LogP contribution in [-0.4, -0.2) is 45.7 Å². The van der Waals surface area contributed by atoms with Gasteiger partial charge in [-0.05, 0) is 6.07 Å². The zero-order valence-electron chi connectivity index (χ0n) is 9.76. The molecule has 2 rings (SSSR count). The molecule has 100 valence electrons. The molecule has 6 nitrogen and oxygen atoms in total. The highest BCUT2D eigenvalue weighted by atomic mass is 32.2. The summed E-state index contributed by atoms with van der Waals surface area (Å²) in [4.78, 5) is 3.33. The number of hydrogen-bond donors (Lipinski definition) is 2. The quantitative estimate of drug-likeness (QED) is 0.773. The lowest BCUT2D eigenvalue weighted by molar-refractivity contribution is 0.103. The number of rotatable bonds is 4. The van der Waals surface area contributed by atoms with E-state index in [1.54, 1.807) is 0 Å². The first-order chi connectivity index (χ1) is 8.53. The van der Waals surface area contributed by atoms with Gasteiger partial charge in [0.25, 0.3) is 0 Å². The highest BCUT2D eigenvalue weighted by molar-refractivity contribution is 7.89. The second-order valence-corrected chi connectivity index (χ2v) is 5.71. The van der Waals surface area contributed by atoms with E-state index in [-0.39, 0.29) is 17.0 Å². The third kappa shape index (κ3) is 2.83. The fourth-order valence-electron chi connectivity index (χ4n) is 1.83. The molecule has 1 aliphatic heterocycles. The molecule has 2 atom stereocenters. The normalized spacial score (nSPS) is 24.3. The molecule has 0 amide bonds. The van der Waals surface area contributed by atoms with E-state index in [4.69, 9.17) is 4.74 Å². The van der Waals surface area contributed by atoms with E-state index in [1.807, 2.05) is 0 Å². The van der Waals surface area contributed by atoms with Crippen LogP contribution in [-0.2, 0) is 14.8 Å². The van der Waals surface area contributed by atoms with Crippen molar-refractivity contribution in [3.05, 3.63) is 24.3 Å². The van der Waals surface area contributed by atoms with Crippen molar-refractivity contribution in [3.63, 3.8) is 0 Å². The highest BCUT2D eigenvalue weighted by Crippen LogP contribution is 2.12. The lowest BCUT2D eigenvalue weighted by Gasteiger charge is -2.18. The fraction of sp³-hybridized carbons (Fsp3) is 0.500. The molecule has 0 spiro atoms. The third-order valence-corrected chi connectivity index (χ3v) is 4.21. The largest absolute Gasteiger partial charge is 0.378 e. The molecule has 0 radical (unpaired) electrons. The minimum atomic E-state index is -3.78. The summed E-state index contributed by atoms with van der Waals surface area (Å²) in [7, 11) is -2.27. The molecular weight excluding hydrogens is 261 g/mol. The van der Waals surface area contributed by atoms with Gasteiger partial charge in [0.15, 0.2) is 0 Å². The molecule has 1 fully saturated rings. The number of aromatic nitrogens is 1. The van der Waals surface area contributed by atoms with Gasteiger partial charge in [0.05, 0.1) is 18.3 Å². The molecular formula is C10H14FN3O3S. The Kier molecular flexibility index (Phi) is 3.91. The number of methoxy groups -OCH3 is 1.